The molecule has 0 saturated carbocycles. The van der Waals surface area contributed by atoms with Gasteiger partial charge in [-0.2, -0.15) is 26.3 Å². The van der Waals surface area contributed by atoms with Crippen LogP contribution in [0.2, 0.25) is 0 Å². The maximum Gasteiger partial charge on any atom is 0.451 e. The first kappa shape index (κ1) is 15.3. The Morgan fingerprint density at radius 1 is 1.10 bits per heavy atom. The van der Waals surface area contributed by atoms with Gasteiger partial charge in [-0.05, 0) is 6.42 Å². The van der Waals surface area contributed by atoms with Crippen LogP contribution < -0.4 is 0 Å². The van der Waals surface area contributed by atoms with Crippen LogP contribution >= 0.6 is 0 Å². The minimum absolute atomic E-state index is 0.264. The molecule has 1 aromatic heterocycles. The Bertz CT molecular complexity index is 583. The van der Waals surface area contributed by atoms with Gasteiger partial charge in [0, 0.05) is 12.1 Å². The molecular weight excluding hydrogens is 308 g/mol. The minimum atomic E-state index is -5.15. The third kappa shape index (κ3) is 3.00. The average molecular weight is 315 g/mol. The number of amides is 1. The number of fused-ring (bicyclic) bond motifs is 1. The normalized spacial score (nSPS) is 15.8. The van der Waals surface area contributed by atoms with Crippen LogP contribution in [0.5, 0.6) is 0 Å². The zero-order valence-electron chi connectivity index (χ0n) is 10.1. The van der Waals surface area contributed by atoms with E-state index in [-0.39, 0.29) is 6.54 Å². The molecule has 0 aromatic carbocycles. The summed E-state index contributed by atoms with van der Waals surface area (Å²) in [6.45, 7) is -0.903. The predicted molar refractivity (Wildman–Crippen MR) is 54.2 cm³/mol. The van der Waals surface area contributed by atoms with E-state index in [1.165, 1.54) is 0 Å². The van der Waals surface area contributed by atoms with Crippen LogP contribution in [0.15, 0.2) is 0 Å². The molecular formula is C10H7F6N3O2. The number of hydrogen-bond acceptors (Lipinski definition) is 3. The van der Waals surface area contributed by atoms with E-state index in [0.717, 1.165) is 0 Å². The maximum atomic E-state index is 12.8. The van der Waals surface area contributed by atoms with E-state index in [1.54, 1.807) is 0 Å². The van der Waals surface area contributed by atoms with Crippen LogP contribution in [0.4, 0.5) is 31.1 Å². The molecule has 0 unspecified atom stereocenters. The van der Waals surface area contributed by atoms with Crippen LogP contribution in [0, 0.1) is 0 Å². The minimum Gasteiger partial charge on any atom is -0.465 e. The van der Waals surface area contributed by atoms with Crippen LogP contribution in [0.3, 0.4) is 0 Å². The lowest BCUT2D eigenvalue weighted by Gasteiger charge is -2.27. The molecule has 2 heterocycles. The van der Waals surface area contributed by atoms with E-state index >= 15 is 0 Å². The lowest BCUT2D eigenvalue weighted by Crippen LogP contribution is -2.37. The molecule has 1 N–H and O–H groups in total. The van der Waals surface area contributed by atoms with Crippen molar-refractivity contribution in [2.24, 2.45) is 0 Å². The van der Waals surface area contributed by atoms with Crippen LogP contribution in [-0.4, -0.2) is 32.6 Å². The fraction of sp³-hybridized carbons (Fsp3) is 0.500. The van der Waals surface area contributed by atoms with Gasteiger partial charge in [-0.25, -0.2) is 14.8 Å². The van der Waals surface area contributed by atoms with Gasteiger partial charge in [0.1, 0.15) is 0 Å². The Balaban J connectivity index is 2.59. The summed E-state index contributed by atoms with van der Waals surface area (Å²) in [7, 11) is 0. The fourth-order valence-corrected chi connectivity index (χ4v) is 1.95. The molecule has 0 spiro atoms. The molecule has 1 aromatic rings. The van der Waals surface area contributed by atoms with E-state index in [2.05, 4.69) is 9.97 Å². The summed E-state index contributed by atoms with van der Waals surface area (Å²) in [5.74, 6) is -1.93. The van der Waals surface area contributed by atoms with Crippen molar-refractivity contribution in [2.75, 3.05) is 6.54 Å². The second-order valence-electron chi connectivity index (χ2n) is 4.27. The van der Waals surface area contributed by atoms with Gasteiger partial charge in [0.05, 0.1) is 12.2 Å². The number of carbonyl (C=O) groups is 1. The van der Waals surface area contributed by atoms with Gasteiger partial charge in [0.15, 0.2) is 5.69 Å². The van der Waals surface area contributed by atoms with Gasteiger partial charge >= 0.3 is 18.4 Å². The van der Waals surface area contributed by atoms with E-state index in [9.17, 15) is 31.1 Å². The van der Waals surface area contributed by atoms with Crippen LogP contribution in [-0.2, 0) is 25.3 Å². The quantitative estimate of drug-likeness (QED) is 0.747. The van der Waals surface area contributed by atoms with Crippen molar-refractivity contribution in [1.82, 2.24) is 14.9 Å². The average Bonchev–Trinajstić information content (AvgIpc) is 2.34. The number of nitrogens with zero attached hydrogens (tertiary/aromatic N) is 3. The van der Waals surface area contributed by atoms with Crippen molar-refractivity contribution >= 4 is 6.09 Å². The zero-order valence-corrected chi connectivity index (χ0v) is 10.1. The molecule has 5 nitrogen and oxygen atoms in total. The number of rotatable bonds is 0. The molecule has 0 fully saturated rings. The monoisotopic (exact) mass is 315 g/mol. The summed E-state index contributed by atoms with van der Waals surface area (Å²) in [5.41, 5.74) is -2.73. The second-order valence-corrected chi connectivity index (χ2v) is 4.27. The summed E-state index contributed by atoms with van der Waals surface area (Å²) in [5, 5.41) is 8.76. The Kier molecular flexibility index (Phi) is 3.46. The summed E-state index contributed by atoms with van der Waals surface area (Å²) in [4.78, 5) is 17.1. The molecule has 21 heavy (non-hydrogen) atoms. The molecule has 1 amide bonds. The first-order valence-electron chi connectivity index (χ1n) is 5.52. The van der Waals surface area contributed by atoms with Gasteiger partial charge in [-0.15, -0.1) is 0 Å². The number of hydrogen-bond donors (Lipinski definition) is 1. The van der Waals surface area contributed by atoms with Crippen molar-refractivity contribution in [3.8, 4) is 0 Å². The highest BCUT2D eigenvalue weighted by Crippen LogP contribution is 2.36. The summed E-state index contributed by atoms with van der Waals surface area (Å²) >= 11 is 0. The third-order valence-corrected chi connectivity index (χ3v) is 2.86. The topological polar surface area (TPSA) is 66.3 Å². The molecule has 1 aliphatic rings. The molecule has 11 heteroatoms. The van der Waals surface area contributed by atoms with Crippen molar-refractivity contribution in [3.05, 3.63) is 22.8 Å². The lowest BCUT2D eigenvalue weighted by atomic mass is 10.0. The van der Waals surface area contributed by atoms with Gasteiger partial charge in [0.2, 0.25) is 5.82 Å². The number of alkyl halides is 6. The largest absolute Gasteiger partial charge is 0.465 e. The first-order chi connectivity index (χ1) is 9.50. The van der Waals surface area contributed by atoms with Crippen molar-refractivity contribution in [3.63, 3.8) is 0 Å². The van der Waals surface area contributed by atoms with E-state index in [0.29, 0.717) is 4.90 Å². The lowest BCUT2D eigenvalue weighted by molar-refractivity contribution is -0.153. The second kappa shape index (κ2) is 4.74. The Morgan fingerprint density at radius 3 is 2.19 bits per heavy atom. The van der Waals surface area contributed by atoms with E-state index < -0.39 is 54.2 Å². The fourth-order valence-electron chi connectivity index (χ4n) is 1.95. The third-order valence-electron chi connectivity index (χ3n) is 2.86. The van der Waals surface area contributed by atoms with Gasteiger partial charge in [-0.1, -0.05) is 0 Å². The Morgan fingerprint density at radius 2 is 1.71 bits per heavy atom. The molecule has 0 saturated heterocycles. The van der Waals surface area contributed by atoms with Crippen LogP contribution in [0.1, 0.15) is 22.8 Å². The van der Waals surface area contributed by atoms with E-state index in [1.807, 2.05) is 0 Å². The first-order valence-corrected chi connectivity index (χ1v) is 5.52. The highest BCUT2D eigenvalue weighted by Gasteiger charge is 2.43. The molecule has 0 aliphatic carbocycles. The van der Waals surface area contributed by atoms with Crippen molar-refractivity contribution in [1.29, 1.82) is 0 Å². The van der Waals surface area contributed by atoms with Gasteiger partial charge in [-0.3, -0.25) is 0 Å². The molecule has 0 radical (unpaired) electrons. The number of aromatic nitrogens is 2. The van der Waals surface area contributed by atoms with Gasteiger partial charge < -0.3 is 10.0 Å². The van der Waals surface area contributed by atoms with Crippen LogP contribution in [0.25, 0.3) is 0 Å². The van der Waals surface area contributed by atoms with Crippen molar-refractivity contribution in [2.45, 2.75) is 25.3 Å². The SMILES string of the molecule is O=C(O)N1CCc2c(nc(C(F)(F)F)nc2C(F)(F)F)C1. The molecule has 0 bridgehead atoms. The molecule has 1 aliphatic heterocycles. The highest BCUT2D eigenvalue weighted by molar-refractivity contribution is 5.65. The smallest absolute Gasteiger partial charge is 0.451 e. The summed E-state index contributed by atoms with van der Waals surface area (Å²) in [6, 6.07) is 0. The summed E-state index contributed by atoms with van der Waals surface area (Å²) in [6.07, 6.45) is -12.1. The van der Waals surface area contributed by atoms with Gasteiger partial charge in [0.25, 0.3) is 0 Å². The zero-order chi connectivity index (χ0) is 16.0. The Hall–Kier alpha value is -2.07. The Labute approximate surface area is 113 Å². The molecule has 2 rings (SSSR count). The standard InChI is InChI=1S/C10H7F6N3O2/c11-9(12,13)6-4-1-2-19(8(20)21)3-5(4)17-7(18-6)10(14,15)16/h1-3H2,(H,20,21). The molecule has 0 atom stereocenters. The molecule has 116 valence electrons. The highest BCUT2D eigenvalue weighted by atomic mass is 19.4. The van der Waals surface area contributed by atoms with Crippen molar-refractivity contribution < 1.29 is 36.2 Å². The number of carboxylic acid groups (broad SMARTS) is 1. The summed E-state index contributed by atoms with van der Waals surface area (Å²) < 4.78 is 76.1. The maximum absolute atomic E-state index is 12.8. The number of halogens is 6. The van der Waals surface area contributed by atoms with E-state index in [4.69, 9.17) is 5.11 Å². The predicted octanol–water partition coefficient (Wildman–Crippen LogP) is 2.55.